The van der Waals surface area contributed by atoms with Crippen molar-refractivity contribution in [2.75, 3.05) is 6.54 Å². The molecule has 4 heteroatoms. The number of nitriles is 1. The number of rotatable bonds is 1. The largest absolute Gasteiger partial charge is 0.323 e. The zero-order chi connectivity index (χ0) is 11.5. The van der Waals surface area contributed by atoms with Crippen LogP contribution in [0, 0.1) is 18.3 Å². The zero-order valence-corrected chi connectivity index (χ0v) is 9.18. The van der Waals surface area contributed by atoms with Crippen molar-refractivity contribution in [1.82, 2.24) is 9.88 Å². The Bertz CT molecular complexity index is 433. The Morgan fingerprint density at radius 3 is 3.06 bits per heavy atom. The first-order valence-corrected chi connectivity index (χ1v) is 5.35. The fraction of sp³-hybridized carbons (Fsp3) is 0.417. The second-order valence-electron chi connectivity index (χ2n) is 3.97. The van der Waals surface area contributed by atoms with Gasteiger partial charge in [0.05, 0.1) is 11.6 Å². The quantitative estimate of drug-likeness (QED) is 0.713. The Morgan fingerprint density at radius 2 is 2.44 bits per heavy atom. The molecule has 0 bridgehead atoms. The molecule has 1 aliphatic heterocycles. The number of pyridine rings is 1. The van der Waals surface area contributed by atoms with Gasteiger partial charge in [0.1, 0.15) is 6.04 Å². The molecular formula is C12H13N3O. The summed E-state index contributed by atoms with van der Waals surface area (Å²) in [4.78, 5) is 17.8. The van der Waals surface area contributed by atoms with Gasteiger partial charge in [-0.2, -0.15) is 5.26 Å². The molecule has 1 saturated heterocycles. The average Bonchev–Trinajstić information content (AvgIpc) is 2.77. The molecular weight excluding hydrogens is 202 g/mol. The maximum atomic E-state index is 12.1. The number of aromatic nitrogens is 1. The standard InChI is InChI=1S/C12H13N3O/c1-9-4-5-10(8-14-9)12(16)15-6-2-3-11(15)7-13/h4-5,8,11H,2-3,6H2,1H3. The van der Waals surface area contributed by atoms with E-state index in [1.807, 2.05) is 13.0 Å². The topological polar surface area (TPSA) is 57.0 Å². The lowest BCUT2D eigenvalue weighted by molar-refractivity contribution is 0.0764. The molecule has 1 fully saturated rings. The van der Waals surface area contributed by atoms with E-state index in [2.05, 4.69) is 11.1 Å². The molecule has 0 N–H and O–H groups in total. The van der Waals surface area contributed by atoms with Gasteiger partial charge in [-0.05, 0) is 31.9 Å². The minimum Gasteiger partial charge on any atom is -0.323 e. The minimum atomic E-state index is -0.270. The van der Waals surface area contributed by atoms with E-state index in [4.69, 9.17) is 5.26 Å². The number of amides is 1. The minimum absolute atomic E-state index is 0.0865. The van der Waals surface area contributed by atoms with E-state index < -0.39 is 0 Å². The molecule has 0 spiro atoms. The lowest BCUT2D eigenvalue weighted by Gasteiger charge is -2.19. The van der Waals surface area contributed by atoms with Gasteiger partial charge in [0.2, 0.25) is 0 Å². The van der Waals surface area contributed by atoms with Crippen LogP contribution in [-0.2, 0) is 0 Å². The van der Waals surface area contributed by atoms with Crippen molar-refractivity contribution < 1.29 is 4.79 Å². The predicted molar refractivity (Wildman–Crippen MR) is 58.6 cm³/mol. The van der Waals surface area contributed by atoms with Crippen LogP contribution in [0.5, 0.6) is 0 Å². The van der Waals surface area contributed by atoms with E-state index in [1.165, 1.54) is 0 Å². The third kappa shape index (κ3) is 1.89. The van der Waals surface area contributed by atoms with Crippen molar-refractivity contribution >= 4 is 5.91 Å². The molecule has 1 aromatic rings. The Balaban J connectivity index is 2.19. The van der Waals surface area contributed by atoms with Crippen molar-refractivity contribution in [1.29, 1.82) is 5.26 Å². The molecule has 82 valence electrons. The molecule has 2 rings (SSSR count). The van der Waals surface area contributed by atoms with Gasteiger partial charge in [-0.15, -0.1) is 0 Å². The molecule has 4 nitrogen and oxygen atoms in total. The average molecular weight is 215 g/mol. The fourth-order valence-electron chi connectivity index (χ4n) is 1.90. The van der Waals surface area contributed by atoms with Gasteiger partial charge in [-0.25, -0.2) is 0 Å². The Hall–Kier alpha value is -1.89. The monoisotopic (exact) mass is 215 g/mol. The molecule has 1 atom stereocenters. The third-order valence-corrected chi connectivity index (χ3v) is 2.82. The summed E-state index contributed by atoms with van der Waals surface area (Å²) in [6.07, 6.45) is 3.26. The molecule has 1 unspecified atom stereocenters. The highest BCUT2D eigenvalue weighted by atomic mass is 16.2. The van der Waals surface area contributed by atoms with Crippen molar-refractivity contribution in [2.45, 2.75) is 25.8 Å². The number of likely N-dealkylation sites (tertiary alicyclic amines) is 1. The van der Waals surface area contributed by atoms with Gasteiger partial charge in [-0.3, -0.25) is 9.78 Å². The number of nitrogens with zero attached hydrogens (tertiary/aromatic N) is 3. The van der Waals surface area contributed by atoms with Gasteiger partial charge in [-0.1, -0.05) is 0 Å². The summed E-state index contributed by atoms with van der Waals surface area (Å²) in [5.41, 5.74) is 1.45. The molecule has 0 radical (unpaired) electrons. The summed E-state index contributed by atoms with van der Waals surface area (Å²) in [6.45, 7) is 2.55. The first-order valence-electron chi connectivity index (χ1n) is 5.35. The van der Waals surface area contributed by atoms with E-state index in [9.17, 15) is 4.79 Å². The van der Waals surface area contributed by atoms with Gasteiger partial charge < -0.3 is 4.90 Å². The Labute approximate surface area is 94.5 Å². The zero-order valence-electron chi connectivity index (χ0n) is 9.18. The van der Waals surface area contributed by atoms with Gasteiger partial charge in [0.15, 0.2) is 0 Å². The number of hydrogen-bond acceptors (Lipinski definition) is 3. The lowest BCUT2D eigenvalue weighted by Crippen LogP contribution is -2.34. The van der Waals surface area contributed by atoms with Crippen molar-refractivity contribution in [3.63, 3.8) is 0 Å². The highest BCUT2D eigenvalue weighted by Gasteiger charge is 2.29. The molecule has 2 heterocycles. The maximum Gasteiger partial charge on any atom is 0.256 e. The third-order valence-electron chi connectivity index (χ3n) is 2.82. The number of carbonyl (C=O) groups is 1. The van der Waals surface area contributed by atoms with E-state index >= 15 is 0 Å². The van der Waals surface area contributed by atoms with Crippen LogP contribution >= 0.6 is 0 Å². The molecule has 0 aromatic carbocycles. The number of hydrogen-bond donors (Lipinski definition) is 0. The molecule has 1 aromatic heterocycles. The van der Waals surface area contributed by atoms with Crippen molar-refractivity contribution in [3.05, 3.63) is 29.6 Å². The second kappa shape index (κ2) is 4.31. The van der Waals surface area contributed by atoms with E-state index in [-0.39, 0.29) is 11.9 Å². The van der Waals surface area contributed by atoms with Crippen molar-refractivity contribution in [3.8, 4) is 6.07 Å². The SMILES string of the molecule is Cc1ccc(C(=O)N2CCCC2C#N)cn1. The maximum absolute atomic E-state index is 12.1. The summed E-state index contributed by atoms with van der Waals surface area (Å²) in [5.74, 6) is -0.0865. The van der Waals surface area contributed by atoms with Crippen LogP contribution in [0.4, 0.5) is 0 Å². The first-order chi connectivity index (χ1) is 7.72. The number of aryl methyl sites for hydroxylation is 1. The van der Waals surface area contributed by atoms with Gasteiger partial charge in [0.25, 0.3) is 5.91 Å². The molecule has 0 saturated carbocycles. The van der Waals surface area contributed by atoms with E-state index in [0.717, 1.165) is 18.5 Å². The van der Waals surface area contributed by atoms with Crippen LogP contribution in [0.25, 0.3) is 0 Å². The summed E-state index contributed by atoms with van der Waals surface area (Å²) in [6, 6.07) is 5.46. The van der Waals surface area contributed by atoms with Crippen LogP contribution in [0.15, 0.2) is 18.3 Å². The van der Waals surface area contributed by atoms with Crippen LogP contribution in [0.3, 0.4) is 0 Å². The molecule has 16 heavy (non-hydrogen) atoms. The number of carbonyl (C=O) groups excluding carboxylic acids is 1. The molecule has 0 aliphatic carbocycles. The first kappa shape index (κ1) is 10.6. The summed E-state index contributed by atoms with van der Waals surface area (Å²) in [5, 5.41) is 8.92. The fourth-order valence-corrected chi connectivity index (χ4v) is 1.90. The smallest absolute Gasteiger partial charge is 0.256 e. The van der Waals surface area contributed by atoms with Gasteiger partial charge >= 0.3 is 0 Å². The van der Waals surface area contributed by atoms with Crippen LogP contribution in [0.2, 0.25) is 0 Å². The summed E-state index contributed by atoms with van der Waals surface area (Å²) in [7, 11) is 0. The van der Waals surface area contributed by atoms with Crippen molar-refractivity contribution in [2.24, 2.45) is 0 Å². The second-order valence-corrected chi connectivity index (χ2v) is 3.97. The van der Waals surface area contributed by atoms with Gasteiger partial charge in [0, 0.05) is 18.4 Å². The van der Waals surface area contributed by atoms with E-state index in [0.29, 0.717) is 12.1 Å². The highest BCUT2D eigenvalue weighted by molar-refractivity contribution is 5.94. The highest BCUT2D eigenvalue weighted by Crippen LogP contribution is 2.19. The molecule has 1 aliphatic rings. The van der Waals surface area contributed by atoms with Crippen LogP contribution in [-0.4, -0.2) is 28.4 Å². The normalized spacial score (nSPS) is 19.5. The Kier molecular flexibility index (Phi) is 2.86. The van der Waals surface area contributed by atoms with Crippen LogP contribution < -0.4 is 0 Å². The predicted octanol–water partition coefficient (Wildman–Crippen LogP) is 1.52. The summed E-state index contributed by atoms with van der Waals surface area (Å²) >= 11 is 0. The Morgan fingerprint density at radius 1 is 1.62 bits per heavy atom. The molecule has 1 amide bonds. The van der Waals surface area contributed by atoms with Crippen LogP contribution in [0.1, 0.15) is 28.9 Å². The summed E-state index contributed by atoms with van der Waals surface area (Å²) < 4.78 is 0. The lowest BCUT2D eigenvalue weighted by atomic mass is 10.2. The van der Waals surface area contributed by atoms with E-state index in [1.54, 1.807) is 17.2 Å².